The molecular weight excluding hydrogens is 274 g/mol. The van der Waals surface area contributed by atoms with Gasteiger partial charge in [0, 0.05) is 23.0 Å². The lowest BCUT2D eigenvalue weighted by atomic mass is 10.0. The normalized spacial score (nSPS) is 17.6. The summed E-state index contributed by atoms with van der Waals surface area (Å²) in [5.74, 6) is 1.54. The second kappa shape index (κ2) is 6.03. The predicted octanol–water partition coefficient (Wildman–Crippen LogP) is 2.93. The molecule has 0 amide bonds. The standard InChI is InChI=1S/C14H17N3S2/c1-15-8-4-7-13-16-17-14(19-13)11-9-18-12-6-3-2-5-10(11)12/h2-3,5-6,11,15H,4,7-9H2,1H3. The summed E-state index contributed by atoms with van der Waals surface area (Å²) in [5, 5.41) is 14.3. The second-order valence-electron chi connectivity index (χ2n) is 4.64. The minimum atomic E-state index is 0.441. The molecule has 19 heavy (non-hydrogen) atoms. The molecule has 1 atom stereocenters. The summed E-state index contributed by atoms with van der Waals surface area (Å²) in [4.78, 5) is 1.40. The van der Waals surface area contributed by atoms with E-state index in [1.165, 1.54) is 20.5 Å². The van der Waals surface area contributed by atoms with E-state index in [9.17, 15) is 0 Å². The minimum absolute atomic E-state index is 0.441. The zero-order valence-corrected chi connectivity index (χ0v) is 12.6. The van der Waals surface area contributed by atoms with Crippen LogP contribution in [0.15, 0.2) is 29.2 Å². The van der Waals surface area contributed by atoms with E-state index in [0.29, 0.717) is 5.92 Å². The Labute approximate surface area is 121 Å². The first-order valence-electron chi connectivity index (χ1n) is 6.57. The Morgan fingerprint density at radius 2 is 2.21 bits per heavy atom. The first-order chi connectivity index (χ1) is 9.38. The number of fused-ring (bicyclic) bond motifs is 1. The third-order valence-corrected chi connectivity index (χ3v) is 5.58. The van der Waals surface area contributed by atoms with E-state index >= 15 is 0 Å². The van der Waals surface area contributed by atoms with Gasteiger partial charge in [0.2, 0.25) is 0 Å². The molecule has 1 aromatic carbocycles. The molecule has 100 valence electrons. The van der Waals surface area contributed by atoms with Crippen LogP contribution in [0.2, 0.25) is 0 Å². The van der Waals surface area contributed by atoms with Crippen LogP contribution in [-0.4, -0.2) is 29.5 Å². The lowest BCUT2D eigenvalue weighted by Crippen LogP contribution is -2.08. The van der Waals surface area contributed by atoms with Crippen molar-refractivity contribution in [1.82, 2.24) is 15.5 Å². The van der Waals surface area contributed by atoms with Crippen molar-refractivity contribution in [3.8, 4) is 0 Å². The van der Waals surface area contributed by atoms with Crippen LogP contribution in [0.3, 0.4) is 0 Å². The summed E-state index contributed by atoms with van der Waals surface area (Å²) >= 11 is 3.71. The number of hydrogen-bond acceptors (Lipinski definition) is 5. The smallest absolute Gasteiger partial charge is 0.125 e. The van der Waals surface area contributed by atoms with Crippen molar-refractivity contribution in [3.05, 3.63) is 39.8 Å². The van der Waals surface area contributed by atoms with Gasteiger partial charge in [-0.3, -0.25) is 0 Å². The summed E-state index contributed by atoms with van der Waals surface area (Å²) < 4.78 is 0. The highest BCUT2D eigenvalue weighted by molar-refractivity contribution is 7.99. The molecule has 1 aliphatic heterocycles. The van der Waals surface area contributed by atoms with Crippen LogP contribution in [0.1, 0.15) is 27.9 Å². The van der Waals surface area contributed by atoms with E-state index in [2.05, 4.69) is 39.8 Å². The summed E-state index contributed by atoms with van der Waals surface area (Å²) in [6, 6.07) is 8.65. The molecule has 0 bridgehead atoms. The van der Waals surface area contributed by atoms with Gasteiger partial charge in [-0.05, 0) is 31.6 Å². The fourth-order valence-electron chi connectivity index (χ4n) is 2.29. The molecule has 3 nitrogen and oxygen atoms in total. The Balaban J connectivity index is 1.74. The fraction of sp³-hybridized carbons (Fsp3) is 0.429. The fourth-order valence-corrected chi connectivity index (χ4v) is 4.64. The Morgan fingerprint density at radius 1 is 1.32 bits per heavy atom. The number of rotatable bonds is 5. The monoisotopic (exact) mass is 291 g/mol. The molecule has 1 unspecified atom stereocenters. The zero-order valence-electron chi connectivity index (χ0n) is 10.9. The molecule has 0 saturated carbocycles. The highest BCUT2D eigenvalue weighted by Crippen LogP contribution is 2.43. The van der Waals surface area contributed by atoms with Gasteiger partial charge in [-0.1, -0.05) is 18.2 Å². The molecule has 2 aromatic rings. The minimum Gasteiger partial charge on any atom is -0.320 e. The maximum absolute atomic E-state index is 4.41. The van der Waals surface area contributed by atoms with Gasteiger partial charge in [-0.25, -0.2) is 0 Å². The second-order valence-corrected chi connectivity index (χ2v) is 6.80. The molecular formula is C14H17N3S2. The largest absolute Gasteiger partial charge is 0.320 e. The average molecular weight is 291 g/mol. The number of hydrogen-bond donors (Lipinski definition) is 1. The molecule has 2 heterocycles. The van der Waals surface area contributed by atoms with Crippen LogP contribution in [0.25, 0.3) is 0 Å². The van der Waals surface area contributed by atoms with Crippen molar-refractivity contribution in [3.63, 3.8) is 0 Å². The SMILES string of the molecule is CNCCCc1nnc(C2CSc3ccccc32)s1. The van der Waals surface area contributed by atoms with E-state index in [-0.39, 0.29) is 0 Å². The summed E-state index contributed by atoms with van der Waals surface area (Å²) in [6.07, 6.45) is 2.15. The Morgan fingerprint density at radius 3 is 3.11 bits per heavy atom. The van der Waals surface area contributed by atoms with E-state index in [1.54, 1.807) is 11.3 Å². The van der Waals surface area contributed by atoms with Gasteiger partial charge >= 0.3 is 0 Å². The van der Waals surface area contributed by atoms with Crippen LogP contribution in [-0.2, 0) is 6.42 Å². The number of aromatic nitrogens is 2. The molecule has 1 N–H and O–H groups in total. The summed E-state index contributed by atoms with van der Waals surface area (Å²) in [7, 11) is 1.98. The molecule has 5 heteroatoms. The summed E-state index contributed by atoms with van der Waals surface area (Å²) in [6.45, 7) is 1.04. The van der Waals surface area contributed by atoms with Crippen molar-refractivity contribution in [2.24, 2.45) is 0 Å². The van der Waals surface area contributed by atoms with Gasteiger partial charge < -0.3 is 5.32 Å². The Hall–Kier alpha value is -0.910. The lowest BCUT2D eigenvalue weighted by molar-refractivity contribution is 0.717. The summed E-state index contributed by atoms with van der Waals surface area (Å²) in [5.41, 5.74) is 1.42. The number of benzene rings is 1. The molecule has 1 aromatic heterocycles. The zero-order chi connectivity index (χ0) is 13.1. The third-order valence-electron chi connectivity index (χ3n) is 3.30. The van der Waals surface area contributed by atoms with Crippen LogP contribution < -0.4 is 5.32 Å². The molecule has 1 aliphatic rings. The van der Waals surface area contributed by atoms with Crippen molar-refractivity contribution < 1.29 is 0 Å². The van der Waals surface area contributed by atoms with Gasteiger partial charge in [0.05, 0.1) is 0 Å². The van der Waals surface area contributed by atoms with Gasteiger partial charge in [0.15, 0.2) is 0 Å². The Bertz CT molecular complexity index is 553. The molecule has 0 saturated heterocycles. The maximum atomic E-state index is 4.41. The molecule has 0 aliphatic carbocycles. The van der Waals surface area contributed by atoms with Crippen molar-refractivity contribution in [1.29, 1.82) is 0 Å². The van der Waals surface area contributed by atoms with Gasteiger partial charge in [0.25, 0.3) is 0 Å². The molecule has 3 rings (SSSR count). The number of aryl methyl sites for hydroxylation is 1. The number of nitrogens with zero attached hydrogens (tertiary/aromatic N) is 2. The van der Waals surface area contributed by atoms with Gasteiger partial charge in [-0.2, -0.15) is 0 Å². The van der Waals surface area contributed by atoms with Crippen LogP contribution in [0.4, 0.5) is 0 Å². The lowest BCUT2D eigenvalue weighted by Gasteiger charge is -2.05. The number of thioether (sulfide) groups is 1. The van der Waals surface area contributed by atoms with Crippen molar-refractivity contribution in [2.75, 3.05) is 19.3 Å². The Kier molecular flexibility index (Phi) is 4.15. The predicted molar refractivity (Wildman–Crippen MR) is 81.2 cm³/mol. The van der Waals surface area contributed by atoms with Crippen molar-refractivity contribution in [2.45, 2.75) is 23.7 Å². The topological polar surface area (TPSA) is 37.8 Å². The van der Waals surface area contributed by atoms with Crippen LogP contribution in [0, 0.1) is 0 Å². The first-order valence-corrected chi connectivity index (χ1v) is 8.37. The molecule has 0 fully saturated rings. The van der Waals surface area contributed by atoms with E-state index in [4.69, 9.17) is 0 Å². The molecule has 0 radical (unpaired) electrons. The van der Waals surface area contributed by atoms with E-state index < -0.39 is 0 Å². The molecule has 0 spiro atoms. The van der Waals surface area contributed by atoms with Gasteiger partial charge in [0.1, 0.15) is 10.0 Å². The van der Waals surface area contributed by atoms with Crippen LogP contribution in [0.5, 0.6) is 0 Å². The van der Waals surface area contributed by atoms with Gasteiger partial charge in [-0.15, -0.1) is 33.3 Å². The quantitative estimate of drug-likeness (QED) is 0.860. The highest BCUT2D eigenvalue weighted by atomic mass is 32.2. The van der Waals surface area contributed by atoms with E-state index in [0.717, 1.165) is 25.1 Å². The number of nitrogens with one attached hydrogen (secondary N) is 1. The first kappa shape index (κ1) is 13.1. The third kappa shape index (κ3) is 2.83. The maximum Gasteiger partial charge on any atom is 0.125 e. The highest BCUT2D eigenvalue weighted by Gasteiger charge is 2.27. The van der Waals surface area contributed by atoms with Crippen molar-refractivity contribution >= 4 is 23.1 Å². The van der Waals surface area contributed by atoms with E-state index in [1.807, 2.05) is 18.8 Å². The van der Waals surface area contributed by atoms with Crippen LogP contribution >= 0.6 is 23.1 Å². The average Bonchev–Trinajstić information content (AvgIpc) is 3.05.